The van der Waals surface area contributed by atoms with Gasteiger partial charge >= 0.3 is 0 Å². The lowest BCUT2D eigenvalue weighted by molar-refractivity contribution is -0.129. The summed E-state index contributed by atoms with van der Waals surface area (Å²) in [7, 11) is 0. The highest BCUT2D eigenvalue weighted by atomic mass is 16.2. The first-order valence-corrected chi connectivity index (χ1v) is 11.0. The van der Waals surface area contributed by atoms with E-state index < -0.39 is 0 Å². The van der Waals surface area contributed by atoms with Crippen LogP contribution in [0.4, 0.5) is 0 Å². The Morgan fingerprint density at radius 1 is 1.06 bits per heavy atom. The zero-order valence-corrected chi connectivity index (χ0v) is 18.0. The van der Waals surface area contributed by atoms with Crippen molar-refractivity contribution < 1.29 is 14.4 Å². The van der Waals surface area contributed by atoms with Crippen LogP contribution in [0.25, 0.3) is 0 Å². The van der Waals surface area contributed by atoms with E-state index in [0.29, 0.717) is 25.3 Å². The van der Waals surface area contributed by atoms with E-state index in [-0.39, 0.29) is 36.4 Å². The molecule has 2 aromatic rings. The molecular formula is C23H29N5O3. The summed E-state index contributed by atoms with van der Waals surface area (Å²) in [5.41, 5.74) is 2.90. The summed E-state index contributed by atoms with van der Waals surface area (Å²) >= 11 is 0. The van der Waals surface area contributed by atoms with Crippen LogP contribution in [0.2, 0.25) is 0 Å². The van der Waals surface area contributed by atoms with Crippen LogP contribution in [-0.2, 0) is 17.9 Å². The molecule has 0 unspecified atom stereocenters. The molecule has 1 aromatic heterocycles. The van der Waals surface area contributed by atoms with Crippen LogP contribution in [-0.4, -0.2) is 63.5 Å². The second-order valence-electron chi connectivity index (χ2n) is 8.30. The van der Waals surface area contributed by atoms with E-state index in [9.17, 15) is 14.4 Å². The van der Waals surface area contributed by atoms with E-state index in [1.54, 1.807) is 10.7 Å². The molecule has 164 valence electrons. The zero-order chi connectivity index (χ0) is 21.8. The second-order valence-corrected chi connectivity index (χ2v) is 8.30. The van der Waals surface area contributed by atoms with Crippen LogP contribution in [0.1, 0.15) is 57.8 Å². The normalized spacial score (nSPS) is 16.2. The summed E-state index contributed by atoms with van der Waals surface area (Å²) in [5, 5.41) is 7.12. The lowest BCUT2D eigenvalue weighted by atomic mass is 10.1. The third-order valence-corrected chi connectivity index (χ3v) is 5.86. The minimum Gasteiger partial charge on any atom is -0.350 e. The fraction of sp³-hybridized carbons (Fsp3) is 0.478. The number of benzene rings is 1. The Labute approximate surface area is 182 Å². The molecule has 3 amide bonds. The van der Waals surface area contributed by atoms with Crippen molar-refractivity contribution in [1.29, 1.82) is 0 Å². The predicted octanol–water partition coefficient (Wildman–Crippen LogP) is 1.98. The van der Waals surface area contributed by atoms with E-state index in [1.165, 1.54) is 0 Å². The molecule has 4 rings (SSSR count). The molecule has 0 bridgehead atoms. The summed E-state index contributed by atoms with van der Waals surface area (Å²) in [6.45, 7) is 5.69. The Morgan fingerprint density at radius 3 is 2.65 bits per heavy atom. The minimum absolute atomic E-state index is 0.0698. The van der Waals surface area contributed by atoms with Crippen molar-refractivity contribution in [3.63, 3.8) is 0 Å². The second kappa shape index (κ2) is 9.32. The van der Waals surface area contributed by atoms with Gasteiger partial charge in [-0.15, -0.1) is 0 Å². The number of hydrogen-bond donors (Lipinski definition) is 1. The SMILES string of the molecule is Cc1cccc(CN2CCCn3nc(C(=O)NCCC(=O)N4CCCC4)cc3C2=O)c1. The molecule has 0 radical (unpaired) electrons. The molecule has 3 heterocycles. The first-order chi connectivity index (χ1) is 15.0. The number of nitrogens with one attached hydrogen (secondary N) is 1. The van der Waals surface area contributed by atoms with Crippen LogP contribution in [0, 0.1) is 6.92 Å². The lowest BCUT2D eigenvalue weighted by Gasteiger charge is -2.20. The largest absolute Gasteiger partial charge is 0.350 e. The summed E-state index contributed by atoms with van der Waals surface area (Å²) in [4.78, 5) is 41.4. The molecule has 31 heavy (non-hydrogen) atoms. The summed E-state index contributed by atoms with van der Waals surface area (Å²) in [6, 6.07) is 9.69. The molecule has 1 aromatic carbocycles. The monoisotopic (exact) mass is 423 g/mol. The Kier molecular flexibility index (Phi) is 6.34. The molecule has 0 aliphatic carbocycles. The molecule has 8 nitrogen and oxygen atoms in total. The van der Waals surface area contributed by atoms with Gasteiger partial charge in [-0.3, -0.25) is 19.1 Å². The highest BCUT2D eigenvalue weighted by Gasteiger charge is 2.26. The third-order valence-electron chi connectivity index (χ3n) is 5.86. The summed E-state index contributed by atoms with van der Waals surface area (Å²) in [5.74, 6) is -0.400. The molecule has 1 fully saturated rings. The van der Waals surface area contributed by atoms with Gasteiger partial charge in [-0.05, 0) is 31.7 Å². The molecule has 2 aliphatic heterocycles. The van der Waals surface area contributed by atoms with E-state index in [4.69, 9.17) is 0 Å². The molecule has 8 heteroatoms. The van der Waals surface area contributed by atoms with E-state index in [0.717, 1.165) is 43.5 Å². The van der Waals surface area contributed by atoms with Crippen LogP contribution in [0.5, 0.6) is 0 Å². The first kappa shape index (κ1) is 21.1. The third kappa shape index (κ3) is 4.95. The van der Waals surface area contributed by atoms with Gasteiger partial charge in [0.2, 0.25) is 5.91 Å². The lowest BCUT2D eigenvalue weighted by Crippen LogP contribution is -2.33. The van der Waals surface area contributed by atoms with Crippen molar-refractivity contribution in [3.8, 4) is 0 Å². The van der Waals surface area contributed by atoms with Crippen LogP contribution >= 0.6 is 0 Å². The van der Waals surface area contributed by atoms with Gasteiger partial charge < -0.3 is 15.1 Å². The quantitative estimate of drug-likeness (QED) is 0.770. The first-order valence-electron chi connectivity index (χ1n) is 11.0. The molecule has 2 aliphatic rings. The van der Waals surface area contributed by atoms with Gasteiger partial charge in [-0.25, -0.2) is 0 Å². The van der Waals surface area contributed by atoms with Gasteiger partial charge in [0.1, 0.15) is 5.69 Å². The van der Waals surface area contributed by atoms with E-state index in [1.807, 2.05) is 34.9 Å². The maximum absolute atomic E-state index is 13.1. The van der Waals surface area contributed by atoms with Crippen LogP contribution in [0.15, 0.2) is 30.3 Å². The van der Waals surface area contributed by atoms with Gasteiger partial charge in [-0.2, -0.15) is 5.10 Å². The van der Waals surface area contributed by atoms with Gasteiger partial charge in [0, 0.05) is 51.8 Å². The van der Waals surface area contributed by atoms with Crippen LogP contribution < -0.4 is 5.32 Å². The zero-order valence-electron chi connectivity index (χ0n) is 18.0. The van der Waals surface area contributed by atoms with E-state index in [2.05, 4.69) is 16.5 Å². The molecule has 0 saturated carbocycles. The number of hydrogen-bond acceptors (Lipinski definition) is 4. The smallest absolute Gasteiger partial charge is 0.272 e. The van der Waals surface area contributed by atoms with Crippen molar-refractivity contribution in [2.24, 2.45) is 0 Å². The average Bonchev–Trinajstić information content (AvgIpc) is 3.40. The molecule has 1 saturated heterocycles. The number of aromatic nitrogens is 2. The highest BCUT2D eigenvalue weighted by Crippen LogP contribution is 2.17. The molecule has 0 spiro atoms. The summed E-state index contributed by atoms with van der Waals surface area (Å²) in [6.07, 6.45) is 3.15. The number of likely N-dealkylation sites (tertiary alicyclic amines) is 1. The van der Waals surface area contributed by atoms with Crippen LogP contribution in [0.3, 0.4) is 0 Å². The number of carbonyl (C=O) groups excluding carboxylic acids is 3. The topological polar surface area (TPSA) is 87.5 Å². The Balaban J connectivity index is 1.37. The maximum atomic E-state index is 13.1. The number of aryl methyl sites for hydroxylation is 2. The number of nitrogens with zero attached hydrogens (tertiary/aromatic N) is 4. The van der Waals surface area contributed by atoms with E-state index >= 15 is 0 Å². The molecule has 0 atom stereocenters. The average molecular weight is 424 g/mol. The van der Waals surface area contributed by atoms with Crippen molar-refractivity contribution in [2.75, 3.05) is 26.2 Å². The fourth-order valence-corrected chi connectivity index (χ4v) is 4.23. The van der Waals surface area contributed by atoms with Gasteiger partial charge in [-0.1, -0.05) is 29.8 Å². The number of amides is 3. The fourth-order valence-electron chi connectivity index (χ4n) is 4.23. The number of carbonyl (C=O) groups is 3. The van der Waals surface area contributed by atoms with Crippen molar-refractivity contribution in [1.82, 2.24) is 24.9 Å². The maximum Gasteiger partial charge on any atom is 0.272 e. The Morgan fingerprint density at radius 2 is 1.87 bits per heavy atom. The predicted molar refractivity (Wildman–Crippen MR) is 116 cm³/mol. The molecule has 1 N–H and O–H groups in total. The van der Waals surface area contributed by atoms with Crippen molar-refractivity contribution in [3.05, 3.63) is 52.8 Å². The van der Waals surface area contributed by atoms with Gasteiger partial charge in [0.15, 0.2) is 5.69 Å². The standard InChI is InChI=1S/C23H29N5O3/c1-17-6-4-7-18(14-17)16-27-12-5-13-28-20(23(27)31)15-19(25-28)22(30)24-9-8-21(29)26-10-2-3-11-26/h4,6-7,14-15H,2-3,5,8-13,16H2,1H3,(H,24,30). The van der Waals surface area contributed by atoms with Crippen molar-refractivity contribution >= 4 is 17.7 Å². The van der Waals surface area contributed by atoms with Gasteiger partial charge in [0.25, 0.3) is 11.8 Å². The highest BCUT2D eigenvalue weighted by molar-refractivity contribution is 5.98. The molecular weight excluding hydrogens is 394 g/mol. The minimum atomic E-state index is -0.354. The van der Waals surface area contributed by atoms with Gasteiger partial charge in [0.05, 0.1) is 0 Å². The number of rotatable bonds is 6. The Bertz CT molecular complexity index is 977. The van der Waals surface area contributed by atoms with Crippen molar-refractivity contribution in [2.45, 2.75) is 45.7 Å². The number of fused-ring (bicyclic) bond motifs is 1. The Hall–Kier alpha value is -3.16. The summed E-state index contributed by atoms with van der Waals surface area (Å²) < 4.78 is 1.63.